The van der Waals surface area contributed by atoms with E-state index >= 15 is 0 Å². The Morgan fingerprint density at radius 1 is 0.952 bits per heavy atom. The Morgan fingerprint density at radius 2 is 1.69 bits per heavy atom. The molecule has 0 spiro atoms. The van der Waals surface area contributed by atoms with Gasteiger partial charge in [-0.2, -0.15) is 0 Å². The number of piperidine rings is 1. The fourth-order valence-corrected chi connectivity index (χ4v) is 8.19. The van der Waals surface area contributed by atoms with Crippen LogP contribution in [-0.4, -0.2) is 70.8 Å². The lowest BCUT2D eigenvalue weighted by Crippen LogP contribution is -2.55. The molecule has 3 saturated heterocycles. The van der Waals surface area contributed by atoms with E-state index in [1.165, 1.54) is 17.7 Å². The van der Waals surface area contributed by atoms with Crippen molar-refractivity contribution in [2.24, 2.45) is 0 Å². The first-order valence-corrected chi connectivity index (χ1v) is 16.5. The molecule has 6 rings (SSSR count). The van der Waals surface area contributed by atoms with E-state index in [1.54, 1.807) is 6.07 Å². The maximum Gasteiger partial charge on any atom is 0.254 e. The van der Waals surface area contributed by atoms with E-state index in [1.807, 2.05) is 59.2 Å². The molecule has 2 aromatic carbocycles. The van der Waals surface area contributed by atoms with Crippen molar-refractivity contribution in [1.29, 1.82) is 0 Å². The second-order valence-electron chi connectivity index (χ2n) is 12.1. The number of carbonyl (C=O) groups excluding carboxylic acids is 2. The number of aryl methyl sites for hydroxylation is 2. The van der Waals surface area contributed by atoms with Gasteiger partial charge in [0.05, 0.1) is 22.6 Å². The zero-order valence-electron chi connectivity index (χ0n) is 24.2. The second kappa shape index (κ2) is 12.7. The third kappa shape index (κ3) is 6.41. The molecule has 1 aromatic heterocycles. The van der Waals surface area contributed by atoms with Crippen molar-refractivity contribution in [1.82, 2.24) is 20.0 Å². The highest BCUT2D eigenvalue weighted by Gasteiger charge is 2.41. The lowest BCUT2D eigenvalue weighted by molar-refractivity contribution is -0.135. The van der Waals surface area contributed by atoms with E-state index in [-0.39, 0.29) is 24.4 Å². The summed E-state index contributed by atoms with van der Waals surface area (Å²) in [7, 11) is 0. The minimum Gasteiger partial charge on any atom is -0.334 e. The van der Waals surface area contributed by atoms with Gasteiger partial charge in [-0.1, -0.05) is 52.5 Å². The highest BCUT2D eigenvalue weighted by molar-refractivity contribution is 7.09. The van der Waals surface area contributed by atoms with Gasteiger partial charge in [-0.25, -0.2) is 0 Å². The zero-order valence-corrected chi connectivity index (χ0v) is 26.5. The van der Waals surface area contributed by atoms with Crippen LogP contribution in [0.4, 0.5) is 0 Å². The third-order valence-corrected chi connectivity index (χ3v) is 10.7. The molecule has 0 aliphatic carbocycles. The van der Waals surface area contributed by atoms with Gasteiger partial charge in [0.25, 0.3) is 5.91 Å². The van der Waals surface area contributed by atoms with Crippen molar-refractivity contribution in [3.63, 3.8) is 0 Å². The van der Waals surface area contributed by atoms with Crippen LogP contribution in [0.2, 0.25) is 10.0 Å². The van der Waals surface area contributed by atoms with Gasteiger partial charge in [0.15, 0.2) is 0 Å². The van der Waals surface area contributed by atoms with Crippen molar-refractivity contribution in [3.8, 4) is 0 Å². The molecule has 4 heterocycles. The summed E-state index contributed by atoms with van der Waals surface area (Å²) in [6.07, 6.45) is 4.61. The van der Waals surface area contributed by atoms with Gasteiger partial charge in [-0.15, -0.1) is 11.3 Å². The molecule has 2 bridgehead atoms. The Labute approximate surface area is 262 Å². The summed E-state index contributed by atoms with van der Waals surface area (Å²) in [6.45, 7) is 6.69. The number of hydrogen-bond donors (Lipinski definition) is 1. The fourth-order valence-electron chi connectivity index (χ4n) is 7.17. The maximum atomic E-state index is 13.8. The molecule has 222 valence electrons. The number of carbonyl (C=O) groups is 2. The predicted molar refractivity (Wildman–Crippen MR) is 170 cm³/mol. The molecular formula is C33H38Cl2N4O2S. The van der Waals surface area contributed by atoms with Crippen LogP contribution in [0.3, 0.4) is 0 Å². The average Bonchev–Trinajstić information content (AvgIpc) is 3.56. The number of nitrogens with zero attached hydrogens (tertiary/aromatic N) is 3. The SMILES string of the molecule is Cc1cc(C)cc(C(=O)N2CCN(C(=O)CNC3CC4CCC(C3)N4Cc3cccs3)[C@H](c3ccc(Cl)c(Cl)c3)C2)c1. The summed E-state index contributed by atoms with van der Waals surface area (Å²) >= 11 is 14.5. The van der Waals surface area contributed by atoms with Crippen molar-refractivity contribution in [2.45, 2.75) is 70.2 Å². The molecule has 2 amide bonds. The van der Waals surface area contributed by atoms with Crippen molar-refractivity contribution < 1.29 is 9.59 Å². The normalized spacial score (nSPS) is 24.3. The third-order valence-electron chi connectivity index (χ3n) is 9.13. The van der Waals surface area contributed by atoms with Gasteiger partial charge < -0.3 is 15.1 Å². The molecule has 3 atom stereocenters. The second-order valence-corrected chi connectivity index (χ2v) is 13.9. The van der Waals surface area contributed by atoms with E-state index in [9.17, 15) is 9.59 Å². The maximum absolute atomic E-state index is 13.8. The van der Waals surface area contributed by atoms with Gasteiger partial charge in [-0.3, -0.25) is 14.5 Å². The van der Waals surface area contributed by atoms with Crippen LogP contribution in [0.15, 0.2) is 53.9 Å². The van der Waals surface area contributed by atoms with Gasteiger partial charge in [-0.05, 0) is 80.8 Å². The number of fused-ring (bicyclic) bond motifs is 2. The zero-order chi connectivity index (χ0) is 29.4. The molecule has 3 aliphatic rings. The molecule has 6 nitrogen and oxygen atoms in total. The first kappa shape index (κ1) is 29.6. The number of amides is 2. The number of halogens is 2. The van der Waals surface area contributed by atoms with Gasteiger partial charge in [0.2, 0.25) is 5.91 Å². The van der Waals surface area contributed by atoms with Gasteiger partial charge >= 0.3 is 0 Å². The Morgan fingerprint density at radius 3 is 2.36 bits per heavy atom. The van der Waals surface area contributed by atoms with E-state index in [0.29, 0.717) is 53.4 Å². The lowest BCUT2D eigenvalue weighted by atomic mass is 9.97. The Kier molecular flexibility index (Phi) is 8.94. The predicted octanol–water partition coefficient (Wildman–Crippen LogP) is 6.48. The molecule has 2 unspecified atom stereocenters. The summed E-state index contributed by atoms with van der Waals surface area (Å²) in [5.74, 6) is 0.0415. The highest BCUT2D eigenvalue weighted by Crippen LogP contribution is 2.37. The molecule has 0 saturated carbocycles. The summed E-state index contributed by atoms with van der Waals surface area (Å²) in [6, 6.07) is 17.0. The van der Waals surface area contributed by atoms with Crippen molar-refractivity contribution >= 4 is 46.4 Å². The smallest absolute Gasteiger partial charge is 0.254 e. The monoisotopic (exact) mass is 624 g/mol. The lowest BCUT2D eigenvalue weighted by Gasteiger charge is -2.42. The van der Waals surface area contributed by atoms with E-state index < -0.39 is 0 Å². The minimum atomic E-state index is -0.304. The first-order valence-electron chi connectivity index (χ1n) is 14.9. The van der Waals surface area contributed by atoms with Crippen LogP contribution in [0.5, 0.6) is 0 Å². The van der Waals surface area contributed by atoms with Crippen LogP contribution >= 0.6 is 34.5 Å². The highest BCUT2D eigenvalue weighted by atomic mass is 35.5. The van der Waals surface area contributed by atoms with Crippen LogP contribution in [0.25, 0.3) is 0 Å². The van der Waals surface area contributed by atoms with E-state index in [2.05, 4.69) is 33.8 Å². The number of piperazine rings is 1. The molecule has 9 heteroatoms. The summed E-state index contributed by atoms with van der Waals surface area (Å²) in [5.41, 5.74) is 3.69. The average molecular weight is 626 g/mol. The molecule has 42 heavy (non-hydrogen) atoms. The Hall–Kier alpha value is -2.42. The van der Waals surface area contributed by atoms with Crippen LogP contribution < -0.4 is 5.32 Å². The van der Waals surface area contributed by atoms with Gasteiger partial charge in [0, 0.05) is 54.7 Å². The van der Waals surface area contributed by atoms with Crippen LogP contribution in [0.1, 0.15) is 63.7 Å². The molecule has 3 aromatic rings. The van der Waals surface area contributed by atoms with E-state index in [0.717, 1.165) is 36.1 Å². The molecule has 3 fully saturated rings. The molecular weight excluding hydrogens is 587 g/mol. The number of thiophene rings is 1. The Bertz CT molecular complexity index is 1410. The molecule has 3 aliphatic heterocycles. The number of nitrogens with one attached hydrogen (secondary N) is 1. The topological polar surface area (TPSA) is 55.9 Å². The standard InChI is InChI=1S/C33H38Cl2N4O2S/c1-21-12-22(2)14-24(13-21)33(41)37-9-10-38(31(20-37)23-5-8-29(34)30(35)15-23)32(40)18-36-25-16-26-6-7-27(17-25)39(26)19-28-4-3-11-42-28/h3-5,8,11-15,25-27,31,36H,6-7,9-10,16-20H2,1-2H3/t25?,26?,27?,31-/m0/s1. The van der Waals surface area contributed by atoms with Crippen molar-refractivity contribution in [2.75, 3.05) is 26.2 Å². The number of benzene rings is 2. The fraction of sp³-hybridized carbons (Fsp3) is 0.455. The first-order chi connectivity index (χ1) is 20.2. The Balaban J connectivity index is 1.13. The number of rotatable bonds is 7. The molecule has 1 N–H and O–H groups in total. The summed E-state index contributed by atoms with van der Waals surface area (Å²) in [5, 5.41) is 6.69. The largest absolute Gasteiger partial charge is 0.334 e. The summed E-state index contributed by atoms with van der Waals surface area (Å²) < 4.78 is 0. The quantitative estimate of drug-likeness (QED) is 0.327. The van der Waals surface area contributed by atoms with Crippen LogP contribution in [-0.2, 0) is 11.3 Å². The van der Waals surface area contributed by atoms with Gasteiger partial charge in [0.1, 0.15) is 0 Å². The van der Waals surface area contributed by atoms with Crippen LogP contribution in [0, 0.1) is 13.8 Å². The summed E-state index contributed by atoms with van der Waals surface area (Å²) in [4.78, 5) is 35.2. The number of hydrogen-bond acceptors (Lipinski definition) is 5. The van der Waals surface area contributed by atoms with Crippen molar-refractivity contribution in [3.05, 3.63) is 91.1 Å². The minimum absolute atomic E-state index is 0.0122. The molecule has 0 radical (unpaired) electrons. The van der Waals surface area contributed by atoms with E-state index in [4.69, 9.17) is 23.2 Å².